The van der Waals surface area contributed by atoms with E-state index in [9.17, 15) is 4.79 Å². The van der Waals surface area contributed by atoms with Crippen molar-refractivity contribution in [3.05, 3.63) is 35.9 Å². The van der Waals surface area contributed by atoms with Gasteiger partial charge in [0, 0.05) is 18.5 Å². The topological polar surface area (TPSA) is 55.1 Å². The van der Waals surface area contributed by atoms with Crippen LogP contribution in [-0.4, -0.2) is 18.0 Å². The monoisotopic (exact) mass is 234 g/mol. The Balaban J connectivity index is 2.29. The van der Waals surface area contributed by atoms with Gasteiger partial charge in [0.1, 0.15) is 0 Å². The summed E-state index contributed by atoms with van der Waals surface area (Å²) in [6.07, 6.45) is 2.12. The fraction of sp³-hybridized carbons (Fsp3) is 0.500. The first-order chi connectivity index (χ1) is 8.08. The van der Waals surface area contributed by atoms with Gasteiger partial charge in [-0.05, 0) is 32.3 Å². The zero-order valence-electron chi connectivity index (χ0n) is 10.6. The summed E-state index contributed by atoms with van der Waals surface area (Å²) in [6.45, 7) is 3.94. The van der Waals surface area contributed by atoms with Crippen LogP contribution in [0, 0.1) is 0 Å². The smallest absolute Gasteiger partial charge is 0.220 e. The maximum absolute atomic E-state index is 11.6. The molecule has 1 aromatic carbocycles. The second-order valence-electron chi connectivity index (χ2n) is 4.67. The minimum Gasteiger partial charge on any atom is -0.353 e. The molecule has 1 amide bonds. The van der Waals surface area contributed by atoms with Crippen molar-refractivity contribution in [2.45, 2.75) is 45.2 Å². The molecule has 0 heterocycles. The Morgan fingerprint density at radius 1 is 1.29 bits per heavy atom. The highest BCUT2D eigenvalue weighted by molar-refractivity contribution is 5.76. The number of amides is 1. The second-order valence-corrected chi connectivity index (χ2v) is 4.67. The number of rotatable bonds is 6. The van der Waals surface area contributed by atoms with E-state index in [0.717, 1.165) is 12.8 Å². The predicted molar refractivity (Wildman–Crippen MR) is 70.6 cm³/mol. The van der Waals surface area contributed by atoms with Crippen molar-refractivity contribution in [1.29, 1.82) is 0 Å². The Kier molecular flexibility index (Phi) is 5.70. The summed E-state index contributed by atoms with van der Waals surface area (Å²) in [5.74, 6) is 0.0886. The lowest BCUT2D eigenvalue weighted by Crippen LogP contribution is -2.34. The molecule has 94 valence electrons. The van der Waals surface area contributed by atoms with Crippen molar-refractivity contribution in [2.24, 2.45) is 5.73 Å². The molecule has 17 heavy (non-hydrogen) atoms. The van der Waals surface area contributed by atoms with E-state index in [0.29, 0.717) is 6.42 Å². The maximum atomic E-state index is 11.6. The standard InChI is InChI=1S/C14H22N2O/c1-11(15)8-9-14(17)16-12(2)10-13-6-4-3-5-7-13/h3-7,11-12H,8-10,15H2,1-2H3,(H,16,17). The molecule has 0 bridgehead atoms. The Morgan fingerprint density at radius 3 is 2.53 bits per heavy atom. The van der Waals surface area contributed by atoms with Crippen LogP contribution in [0.5, 0.6) is 0 Å². The third kappa shape index (κ3) is 6.07. The molecule has 2 atom stereocenters. The van der Waals surface area contributed by atoms with Crippen LogP contribution in [0.3, 0.4) is 0 Å². The Labute approximate surface area is 103 Å². The molecule has 3 nitrogen and oxygen atoms in total. The number of carbonyl (C=O) groups excluding carboxylic acids is 1. The van der Waals surface area contributed by atoms with Crippen molar-refractivity contribution >= 4 is 5.91 Å². The molecule has 0 fully saturated rings. The van der Waals surface area contributed by atoms with E-state index in [1.54, 1.807) is 0 Å². The van der Waals surface area contributed by atoms with Crippen molar-refractivity contribution in [3.63, 3.8) is 0 Å². The number of hydrogen-bond donors (Lipinski definition) is 2. The quantitative estimate of drug-likeness (QED) is 0.789. The molecule has 0 aliphatic rings. The summed E-state index contributed by atoms with van der Waals surface area (Å²) >= 11 is 0. The van der Waals surface area contributed by atoms with E-state index < -0.39 is 0 Å². The molecule has 0 aliphatic heterocycles. The lowest BCUT2D eigenvalue weighted by Gasteiger charge is -2.14. The van der Waals surface area contributed by atoms with E-state index in [1.807, 2.05) is 32.0 Å². The summed E-state index contributed by atoms with van der Waals surface area (Å²) in [6, 6.07) is 10.4. The molecular weight excluding hydrogens is 212 g/mol. The zero-order chi connectivity index (χ0) is 12.7. The fourth-order valence-corrected chi connectivity index (χ4v) is 1.72. The highest BCUT2D eigenvalue weighted by atomic mass is 16.1. The molecule has 3 N–H and O–H groups in total. The number of nitrogens with one attached hydrogen (secondary N) is 1. The molecule has 0 radical (unpaired) electrons. The number of benzene rings is 1. The fourth-order valence-electron chi connectivity index (χ4n) is 1.72. The SMILES string of the molecule is CC(N)CCC(=O)NC(C)Cc1ccccc1. The highest BCUT2D eigenvalue weighted by Gasteiger charge is 2.08. The first kappa shape index (κ1) is 13.7. The molecule has 2 unspecified atom stereocenters. The summed E-state index contributed by atoms with van der Waals surface area (Å²) in [5, 5.41) is 2.99. The molecule has 1 aromatic rings. The Morgan fingerprint density at radius 2 is 1.94 bits per heavy atom. The predicted octanol–water partition coefficient (Wildman–Crippen LogP) is 1.86. The van der Waals surface area contributed by atoms with Crippen LogP contribution in [0.4, 0.5) is 0 Å². The van der Waals surface area contributed by atoms with Gasteiger partial charge in [0.25, 0.3) is 0 Å². The Hall–Kier alpha value is -1.35. The van der Waals surface area contributed by atoms with Crippen LogP contribution in [0.15, 0.2) is 30.3 Å². The van der Waals surface area contributed by atoms with Crippen molar-refractivity contribution in [3.8, 4) is 0 Å². The van der Waals surface area contributed by atoms with E-state index in [1.165, 1.54) is 5.56 Å². The first-order valence-electron chi connectivity index (χ1n) is 6.17. The van der Waals surface area contributed by atoms with Crippen LogP contribution in [0.25, 0.3) is 0 Å². The van der Waals surface area contributed by atoms with Gasteiger partial charge in [0.05, 0.1) is 0 Å². The van der Waals surface area contributed by atoms with Crippen LogP contribution < -0.4 is 11.1 Å². The molecule has 1 rings (SSSR count). The van der Waals surface area contributed by atoms with Gasteiger partial charge in [-0.1, -0.05) is 30.3 Å². The number of nitrogens with two attached hydrogens (primary N) is 1. The minimum absolute atomic E-state index is 0.0881. The third-order valence-electron chi connectivity index (χ3n) is 2.62. The second kappa shape index (κ2) is 7.07. The molecule has 0 saturated heterocycles. The van der Waals surface area contributed by atoms with Gasteiger partial charge < -0.3 is 11.1 Å². The lowest BCUT2D eigenvalue weighted by molar-refractivity contribution is -0.121. The average Bonchev–Trinajstić information content (AvgIpc) is 2.27. The van der Waals surface area contributed by atoms with E-state index in [2.05, 4.69) is 17.4 Å². The summed E-state index contributed by atoms with van der Waals surface area (Å²) < 4.78 is 0. The van der Waals surface area contributed by atoms with E-state index >= 15 is 0 Å². The summed E-state index contributed by atoms with van der Waals surface area (Å²) in [4.78, 5) is 11.6. The summed E-state index contributed by atoms with van der Waals surface area (Å²) in [5.41, 5.74) is 6.86. The molecule has 0 spiro atoms. The minimum atomic E-state index is 0.0881. The molecular formula is C14H22N2O. The highest BCUT2D eigenvalue weighted by Crippen LogP contribution is 2.03. The normalized spacial score (nSPS) is 14.1. The van der Waals surface area contributed by atoms with E-state index in [4.69, 9.17) is 5.73 Å². The van der Waals surface area contributed by atoms with Gasteiger partial charge in [-0.2, -0.15) is 0 Å². The van der Waals surface area contributed by atoms with Crippen LogP contribution in [0.2, 0.25) is 0 Å². The molecule has 3 heteroatoms. The van der Waals surface area contributed by atoms with Crippen LogP contribution >= 0.6 is 0 Å². The largest absolute Gasteiger partial charge is 0.353 e. The first-order valence-corrected chi connectivity index (χ1v) is 6.17. The molecule has 0 saturated carbocycles. The molecule has 0 aromatic heterocycles. The van der Waals surface area contributed by atoms with E-state index in [-0.39, 0.29) is 18.0 Å². The maximum Gasteiger partial charge on any atom is 0.220 e. The molecule has 0 aliphatic carbocycles. The third-order valence-corrected chi connectivity index (χ3v) is 2.62. The van der Waals surface area contributed by atoms with Crippen LogP contribution in [0.1, 0.15) is 32.3 Å². The van der Waals surface area contributed by atoms with Crippen molar-refractivity contribution in [1.82, 2.24) is 5.32 Å². The van der Waals surface area contributed by atoms with Gasteiger partial charge >= 0.3 is 0 Å². The van der Waals surface area contributed by atoms with Gasteiger partial charge in [0.2, 0.25) is 5.91 Å². The van der Waals surface area contributed by atoms with Gasteiger partial charge in [0.15, 0.2) is 0 Å². The van der Waals surface area contributed by atoms with Gasteiger partial charge in [-0.3, -0.25) is 4.79 Å². The number of hydrogen-bond acceptors (Lipinski definition) is 2. The zero-order valence-corrected chi connectivity index (χ0v) is 10.6. The van der Waals surface area contributed by atoms with Crippen molar-refractivity contribution < 1.29 is 4.79 Å². The summed E-state index contributed by atoms with van der Waals surface area (Å²) in [7, 11) is 0. The van der Waals surface area contributed by atoms with Gasteiger partial charge in [-0.15, -0.1) is 0 Å². The van der Waals surface area contributed by atoms with Crippen LogP contribution in [-0.2, 0) is 11.2 Å². The van der Waals surface area contributed by atoms with Crippen molar-refractivity contribution in [2.75, 3.05) is 0 Å². The van der Waals surface area contributed by atoms with Gasteiger partial charge in [-0.25, -0.2) is 0 Å². The Bertz CT molecular complexity index is 335. The number of carbonyl (C=O) groups is 1. The lowest BCUT2D eigenvalue weighted by atomic mass is 10.1. The average molecular weight is 234 g/mol.